The van der Waals surface area contributed by atoms with Gasteiger partial charge >= 0.3 is 0 Å². The monoisotopic (exact) mass is 132 g/mol. The lowest BCUT2D eigenvalue weighted by atomic mass is 10.8. The highest BCUT2D eigenvalue weighted by Gasteiger charge is 1.41. The zero-order valence-corrected chi connectivity index (χ0v) is 5.11. The van der Waals surface area contributed by atoms with Crippen molar-refractivity contribution >= 4 is 41.9 Å². The van der Waals surface area contributed by atoms with Crippen molar-refractivity contribution in [2.45, 2.75) is 0 Å². The van der Waals surface area contributed by atoms with Crippen LogP contribution in [0.1, 0.15) is 0 Å². The van der Waals surface area contributed by atoms with Gasteiger partial charge in [0.25, 0.3) is 0 Å². The van der Waals surface area contributed by atoms with E-state index >= 15 is 0 Å². The molecule has 0 heterocycles. The Morgan fingerprint density at radius 2 is 1.20 bits per heavy atom. The SMILES string of the molecule is BCl.ClCCl. The molecule has 0 fully saturated rings. The van der Waals surface area contributed by atoms with Gasteiger partial charge in [0.05, 0.1) is 5.34 Å². The lowest BCUT2D eigenvalue weighted by Gasteiger charge is -1.42. The second-order valence-corrected chi connectivity index (χ2v) is 0.909. The van der Waals surface area contributed by atoms with Crippen molar-refractivity contribution in [1.82, 2.24) is 0 Å². The van der Waals surface area contributed by atoms with Crippen LogP contribution in [-0.2, 0) is 0 Å². The maximum atomic E-state index is 4.76. The first-order chi connectivity index (χ1) is 2.41. The normalized spacial score (nSPS) is 4.60. The molecule has 0 amide bonds. The van der Waals surface area contributed by atoms with Crippen LogP contribution in [0, 0.1) is 0 Å². The summed E-state index contributed by atoms with van der Waals surface area (Å²) in [6.07, 6.45) is 0. The lowest BCUT2D eigenvalue weighted by Crippen LogP contribution is -1.24. The van der Waals surface area contributed by atoms with E-state index in [0.29, 0.717) is 0 Å². The molecule has 4 heteroatoms. The Hall–Kier alpha value is 0.935. The maximum absolute atomic E-state index is 4.76. The van der Waals surface area contributed by atoms with Gasteiger partial charge in [0.2, 0.25) is 7.26 Å². The molecule has 0 aliphatic carbocycles. The molecule has 0 atom stereocenters. The van der Waals surface area contributed by atoms with E-state index in [0.717, 1.165) is 0 Å². The molecule has 0 aromatic rings. The molecule has 0 nitrogen and oxygen atoms in total. The average Bonchev–Trinajstić information content (AvgIpc) is 1.46. The molecule has 0 rings (SSSR count). The third-order valence-corrected chi connectivity index (χ3v) is 0. The predicted molar refractivity (Wildman–Crippen MR) is 31.0 cm³/mol. The Balaban J connectivity index is 0. The number of hydrogen-bond acceptors (Lipinski definition) is 0. The van der Waals surface area contributed by atoms with Crippen LogP contribution in [0.15, 0.2) is 0 Å². The van der Waals surface area contributed by atoms with E-state index in [2.05, 4.69) is 11.5 Å². The Morgan fingerprint density at radius 3 is 1.20 bits per heavy atom. The van der Waals surface area contributed by atoms with Crippen LogP contribution in [-0.4, -0.2) is 12.6 Å². The maximum Gasteiger partial charge on any atom is 0.215 e. The first kappa shape index (κ1) is 9.33. The van der Waals surface area contributed by atoms with Gasteiger partial charge < -0.3 is 0 Å². The summed E-state index contributed by atoms with van der Waals surface area (Å²) < 4.78 is 0. The molecule has 0 unspecified atom stereocenters. The number of alkyl halides is 2. The van der Waals surface area contributed by atoms with Gasteiger partial charge in [0.15, 0.2) is 0 Å². The second-order valence-electron chi connectivity index (χ2n) is 0.101. The van der Waals surface area contributed by atoms with E-state index < -0.39 is 0 Å². The molecule has 0 bridgehead atoms. The van der Waals surface area contributed by atoms with Gasteiger partial charge in [-0.25, -0.2) is 11.5 Å². The fourth-order valence-electron chi connectivity index (χ4n) is 0. The summed E-state index contributed by atoms with van der Waals surface area (Å²) in [4.78, 5) is 0. The summed E-state index contributed by atoms with van der Waals surface area (Å²) in [6.45, 7) is 0. The van der Waals surface area contributed by atoms with Crippen molar-refractivity contribution < 1.29 is 0 Å². The van der Waals surface area contributed by atoms with E-state index in [1.807, 2.05) is 0 Å². The standard InChI is InChI=1S/CH2Cl2.BClH2/c2-1-3;1-2/h1H2;1H2. The molecular formula is CH4BCl3. The smallest absolute Gasteiger partial charge is 0.206 e. The van der Waals surface area contributed by atoms with Crippen LogP contribution >= 0.6 is 34.7 Å². The quantitative estimate of drug-likeness (QED) is 0.344. The number of hydrogen-bond donors (Lipinski definition) is 0. The highest BCUT2D eigenvalue weighted by molar-refractivity contribution is 6.80. The molecule has 0 aliphatic rings. The predicted octanol–water partition coefficient (Wildman–Crippen LogP) is 1.19. The molecule has 0 radical (unpaired) electrons. The summed E-state index contributed by atoms with van der Waals surface area (Å²) in [5.41, 5.74) is 0. The van der Waals surface area contributed by atoms with Crippen LogP contribution in [0.2, 0.25) is 0 Å². The summed E-state index contributed by atoms with van der Waals surface area (Å²) in [5.74, 6) is 0. The Morgan fingerprint density at radius 1 is 1.20 bits per heavy atom. The summed E-state index contributed by atoms with van der Waals surface area (Å²) in [7, 11) is 1.47. The molecule has 0 aliphatic heterocycles. The number of rotatable bonds is 0. The third kappa shape index (κ3) is 48.6. The zero-order chi connectivity index (χ0) is 4.71. The van der Waals surface area contributed by atoms with Gasteiger partial charge in [0, 0.05) is 0 Å². The molecule has 0 saturated carbocycles. The van der Waals surface area contributed by atoms with Crippen molar-refractivity contribution in [1.29, 1.82) is 0 Å². The van der Waals surface area contributed by atoms with Crippen molar-refractivity contribution in [3.8, 4) is 0 Å². The molecule has 0 saturated heterocycles. The van der Waals surface area contributed by atoms with Crippen molar-refractivity contribution in [3.05, 3.63) is 0 Å². The second kappa shape index (κ2) is 20.4. The van der Waals surface area contributed by atoms with E-state index in [-0.39, 0.29) is 5.34 Å². The van der Waals surface area contributed by atoms with Gasteiger partial charge in [-0.2, -0.15) is 0 Å². The molecule has 0 aromatic heterocycles. The highest BCUT2D eigenvalue weighted by atomic mass is 35.5. The molecular weight excluding hydrogens is 129 g/mol. The largest absolute Gasteiger partial charge is 0.215 e. The number of halogens is 3. The fourth-order valence-corrected chi connectivity index (χ4v) is 0. The Kier molecular flexibility index (Phi) is 38.1. The van der Waals surface area contributed by atoms with Crippen LogP contribution in [0.5, 0.6) is 0 Å². The van der Waals surface area contributed by atoms with Crippen molar-refractivity contribution in [2.75, 3.05) is 5.34 Å². The van der Waals surface area contributed by atoms with E-state index in [4.69, 9.17) is 23.2 Å². The Bertz CT molecular complexity index is 6.85. The van der Waals surface area contributed by atoms with E-state index in [1.165, 1.54) is 7.26 Å². The van der Waals surface area contributed by atoms with E-state index in [9.17, 15) is 0 Å². The molecule has 32 valence electrons. The van der Waals surface area contributed by atoms with E-state index in [1.54, 1.807) is 0 Å². The van der Waals surface area contributed by atoms with Crippen LogP contribution in [0.4, 0.5) is 0 Å². The third-order valence-electron chi connectivity index (χ3n) is 0. The highest BCUT2D eigenvalue weighted by Crippen LogP contribution is 1.73. The first-order valence-corrected chi connectivity index (χ1v) is 2.74. The van der Waals surface area contributed by atoms with Gasteiger partial charge in [0.1, 0.15) is 0 Å². The van der Waals surface area contributed by atoms with Crippen LogP contribution < -0.4 is 0 Å². The molecule has 5 heavy (non-hydrogen) atoms. The average molecular weight is 133 g/mol. The van der Waals surface area contributed by atoms with Crippen LogP contribution in [0.3, 0.4) is 0 Å². The zero-order valence-electron chi connectivity index (χ0n) is 2.84. The fraction of sp³-hybridized carbons (Fsp3) is 1.00. The van der Waals surface area contributed by atoms with Crippen molar-refractivity contribution in [3.63, 3.8) is 0 Å². The lowest BCUT2D eigenvalue weighted by molar-refractivity contribution is 2.20. The van der Waals surface area contributed by atoms with Crippen molar-refractivity contribution in [2.24, 2.45) is 0 Å². The van der Waals surface area contributed by atoms with Crippen LogP contribution in [0.25, 0.3) is 0 Å². The van der Waals surface area contributed by atoms with Gasteiger partial charge in [-0.3, -0.25) is 0 Å². The van der Waals surface area contributed by atoms with Gasteiger partial charge in [-0.15, -0.1) is 23.2 Å². The van der Waals surface area contributed by atoms with Gasteiger partial charge in [-0.1, -0.05) is 0 Å². The topological polar surface area (TPSA) is 0 Å². The van der Waals surface area contributed by atoms with Gasteiger partial charge in [-0.05, 0) is 0 Å². The molecule has 0 aromatic carbocycles. The molecule has 0 N–H and O–H groups in total. The minimum atomic E-state index is 0.194. The minimum Gasteiger partial charge on any atom is -0.206 e. The molecule has 0 spiro atoms. The summed E-state index contributed by atoms with van der Waals surface area (Å²) in [5, 5.41) is 0.194. The summed E-state index contributed by atoms with van der Waals surface area (Å²) >= 11 is 14.2. The minimum absolute atomic E-state index is 0.194. The summed E-state index contributed by atoms with van der Waals surface area (Å²) in [6, 6.07) is 0. The first-order valence-electron chi connectivity index (χ1n) is 0.912. The Labute approximate surface area is 47.7 Å².